The molecule has 0 aliphatic carbocycles. The third-order valence-corrected chi connectivity index (χ3v) is 2.50. The number of ether oxygens (including phenoxy) is 1. The number of para-hydroxylation sites is 1. The van der Waals surface area contributed by atoms with Crippen molar-refractivity contribution in [3.63, 3.8) is 0 Å². The highest BCUT2D eigenvalue weighted by atomic mass is 19.1. The normalized spacial score (nSPS) is 9.78. The van der Waals surface area contributed by atoms with E-state index in [1.165, 1.54) is 6.07 Å². The molecule has 90 valence electrons. The third kappa shape index (κ3) is 2.41. The van der Waals surface area contributed by atoms with E-state index in [1.807, 2.05) is 6.07 Å². The number of hydrogen-bond donors (Lipinski definition) is 1. The van der Waals surface area contributed by atoms with Crippen LogP contribution in [0.15, 0.2) is 42.5 Å². The average Bonchev–Trinajstić information content (AvgIpc) is 2.41. The highest BCUT2D eigenvalue weighted by Crippen LogP contribution is 2.20. The lowest BCUT2D eigenvalue weighted by Crippen LogP contribution is -2.02. The monoisotopic (exact) mass is 242 g/mol. The summed E-state index contributed by atoms with van der Waals surface area (Å²) in [5.74, 6) is -0.0474. The van der Waals surface area contributed by atoms with Crippen LogP contribution < -0.4 is 10.5 Å². The minimum Gasteiger partial charge on any atom is -0.487 e. The fourth-order valence-corrected chi connectivity index (χ4v) is 1.55. The van der Waals surface area contributed by atoms with Gasteiger partial charge in [-0.3, -0.25) is 0 Å². The van der Waals surface area contributed by atoms with Crippen molar-refractivity contribution in [3.05, 3.63) is 59.4 Å². The Morgan fingerprint density at radius 2 is 1.94 bits per heavy atom. The van der Waals surface area contributed by atoms with Gasteiger partial charge in [0.15, 0.2) is 5.82 Å². The van der Waals surface area contributed by atoms with Gasteiger partial charge < -0.3 is 10.5 Å². The predicted molar refractivity (Wildman–Crippen MR) is 66.3 cm³/mol. The quantitative estimate of drug-likeness (QED) is 0.842. The first-order valence-corrected chi connectivity index (χ1v) is 5.37. The van der Waals surface area contributed by atoms with Crippen LogP contribution >= 0.6 is 0 Å². The lowest BCUT2D eigenvalue weighted by Gasteiger charge is -2.09. The first-order chi connectivity index (χ1) is 8.72. The van der Waals surface area contributed by atoms with Gasteiger partial charge in [-0.15, -0.1) is 0 Å². The van der Waals surface area contributed by atoms with E-state index in [0.717, 1.165) is 0 Å². The standard InChI is InChI=1S/C14H11FN2O/c15-14-11(5-3-6-12(14)17)9-18-13-7-2-1-4-10(13)8-16/h1-7H,9,17H2. The van der Waals surface area contributed by atoms with Crippen LogP contribution in [0.2, 0.25) is 0 Å². The maximum absolute atomic E-state index is 13.6. The molecule has 0 saturated heterocycles. The lowest BCUT2D eigenvalue weighted by molar-refractivity contribution is 0.299. The molecule has 3 nitrogen and oxygen atoms in total. The first-order valence-electron chi connectivity index (χ1n) is 5.37. The van der Waals surface area contributed by atoms with Crippen LogP contribution in [0.3, 0.4) is 0 Å². The van der Waals surface area contributed by atoms with Crippen molar-refractivity contribution in [2.75, 3.05) is 5.73 Å². The largest absolute Gasteiger partial charge is 0.487 e. The third-order valence-electron chi connectivity index (χ3n) is 2.50. The van der Waals surface area contributed by atoms with E-state index >= 15 is 0 Å². The van der Waals surface area contributed by atoms with Gasteiger partial charge in [0.05, 0.1) is 11.3 Å². The van der Waals surface area contributed by atoms with Crippen LogP contribution in [0, 0.1) is 17.1 Å². The van der Waals surface area contributed by atoms with E-state index in [0.29, 0.717) is 16.9 Å². The molecule has 0 radical (unpaired) electrons. The number of nitriles is 1. The molecule has 0 aliphatic heterocycles. The summed E-state index contributed by atoms with van der Waals surface area (Å²) in [6.45, 7) is 0.0373. The molecule has 2 aromatic rings. The number of nitrogens with zero attached hydrogens (tertiary/aromatic N) is 1. The van der Waals surface area contributed by atoms with Crippen molar-refractivity contribution in [3.8, 4) is 11.8 Å². The molecular formula is C14H11FN2O. The fourth-order valence-electron chi connectivity index (χ4n) is 1.55. The SMILES string of the molecule is N#Cc1ccccc1OCc1cccc(N)c1F. The van der Waals surface area contributed by atoms with Crippen LogP contribution in [0.25, 0.3) is 0 Å². The van der Waals surface area contributed by atoms with Gasteiger partial charge in [-0.05, 0) is 18.2 Å². The van der Waals surface area contributed by atoms with E-state index in [2.05, 4.69) is 0 Å². The molecular weight excluding hydrogens is 231 g/mol. The Bertz CT molecular complexity index is 605. The maximum atomic E-state index is 13.6. The van der Waals surface area contributed by atoms with Gasteiger partial charge in [0.2, 0.25) is 0 Å². The topological polar surface area (TPSA) is 59.0 Å². The van der Waals surface area contributed by atoms with E-state index < -0.39 is 5.82 Å². The zero-order valence-electron chi connectivity index (χ0n) is 9.56. The fraction of sp³-hybridized carbons (Fsp3) is 0.0714. The molecule has 0 saturated carbocycles. The van der Waals surface area contributed by atoms with E-state index in [4.69, 9.17) is 15.7 Å². The Labute approximate surface area is 104 Å². The van der Waals surface area contributed by atoms with Gasteiger partial charge in [-0.2, -0.15) is 5.26 Å². The Morgan fingerprint density at radius 1 is 1.17 bits per heavy atom. The number of nitrogen functional groups attached to an aromatic ring is 1. The van der Waals surface area contributed by atoms with Gasteiger partial charge in [-0.25, -0.2) is 4.39 Å². The smallest absolute Gasteiger partial charge is 0.152 e. The zero-order chi connectivity index (χ0) is 13.0. The minimum atomic E-state index is -0.480. The molecule has 2 N–H and O–H groups in total. The van der Waals surface area contributed by atoms with E-state index in [9.17, 15) is 4.39 Å². The molecule has 0 bridgehead atoms. The summed E-state index contributed by atoms with van der Waals surface area (Å²) >= 11 is 0. The molecule has 0 atom stereocenters. The Kier molecular flexibility index (Phi) is 3.44. The maximum Gasteiger partial charge on any atom is 0.152 e. The van der Waals surface area contributed by atoms with Crippen LogP contribution in [-0.2, 0) is 6.61 Å². The first kappa shape index (κ1) is 11.9. The number of halogens is 1. The molecule has 0 unspecified atom stereocenters. The summed E-state index contributed by atoms with van der Waals surface area (Å²) in [5, 5.41) is 8.89. The molecule has 0 heterocycles. The van der Waals surface area contributed by atoms with Gasteiger partial charge in [0.25, 0.3) is 0 Å². The Morgan fingerprint density at radius 3 is 2.72 bits per heavy atom. The summed E-state index contributed by atoms with van der Waals surface area (Å²) in [6.07, 6.45) is 0. The van der Waals surface area contributed by atoms with Crippen molar-refractivity contribution < 1.29 is 9.13 Å². The highest BCUT2D eigenvalue weighted by Gasteiger charge is 2.07. The van der Waals surface area contributed by atoms with Gasteiger partial charge in [0.1, 0.15) is 18.4 Å². The van der Waals surface area contributed by atoms with Crippen LogP contribution in [-0.4, -0.2) is 0 Å². The summed E-state index contributed by atoms with van der Waals surface area (Å²) in [4.78, 5) is 0. The number of nitrogens with two attached hydrogens (primary N) is 1. The number of anilines is 1. The summed E-state index contributed by atoms with van der Waals surface area (Å²) in [5.41, 5.74) is 6.33. The molecule has 2 aromatic carbocycles. The number of hydrogen-bond acceptors (Lipinski definition) is 3. The summed E-state index contributed by atoms with van der Waals surface area (Å²) in [7, 11) is 0. The molecule has 0 aliphatic rings. The Balaban J connectivity index is 2.17. The Hall–Kier alpha value is -2.54. The summed E-state index contributed by atoms with van der Waals surface area (Å²) in [6, 6.07) is 13.6. The van der Waals surface area contributed by atoms with Crippen LogP contribution in [0.5, 0.6) is 5.75 Å². The van der Waals surface area contributed by atoms with E-state index in [1.54, 1.807) is 36.4 Å². The number of benzene rings is 2. The van der Waals surface area contributed by atoms with Crippen molar-refractivity contribution in [2.24, 2.45) is 0 Å². The average molecular weight is 242 g/mol. The molecule has 18 heavy (non-hydrogen) atoms. The summed E-state index contributed by atoms with van der Waals surface area (Å²) < 4.78 is 19.0. The minimum absolute atomic E-state index is 0.0373. The van der Waals surface area contributed by atoms with Gasteiger partial charge >= 0.3 is 0 Å². The van der Waals surface area contributed by atoms with E-state index in [-0.39, 0.29) is 12.3 Å². The molecule has 0 aromatic heterocycles. The van der Waals surface area contributed by atoms with Crippen molar-refractivity contribution >= 4 is 5.69 Å². The molecule has 2 rings (SSSR count). The zero-order valence-corrected chi connectivity index (χ0v) is 9.56. The predicted octanol–water partition coefficient (Wildman–Crippen LogP) is 2.86. The second-order valence-corrected chi connectivity index (χ2v) is 3.72. The molecule has 4 heteroatoms. The van der Waals surface area contributed by atoms with Crippen molar-refractivity contribution in [1.29, 1.82) is 5.26 Å². The lowest BCUT2D eigenvalue weighted by atomic mass is 10.2. The second-order valence-electron chi connectivity index (χ2n) is 3.72. The molecule has 0 amide bonds. The van der Waals surface area contributed by atoms with Crippen molar-refractivity contribution in [1.82, 2.24) is 0 Å². The van der Waals surface area contributed by atoms with Crippen LogP contribution in [0.1, 0.15) is 11.1 Å². The highest BCUT2D eigenvalue weighted by molar-refractivity contribution is 5.44. The second kappa shape index (κ2) is 5.19. The van der Waals surface area contributed by atoms with Gasteiger partial charge in [-0.1, -0.05) is 24.3 Å². The molecule has 0 spiro atoms. The number of rotatable bonds is 3. The van der Waals surface area contributed by atoms with Crippen molar-refractivity contribution in [2.45, 2.75) is 6.61 Å². The van der Waals surface area contributed by atoms with Gasteiger partial charge in [0, 0.05) is 5.56 Å². The molecule has 0 fully saturated rings. The van der Waals surface area contributed by atoms with Crippen LogP contribution in [0.4, 0.5) is 10.1 Å².